The molecule has 0 aliphatic rings. The maximum atomic E-state index is 11.9. The molecular weight excluding hydrogens is 272 g/mol. The van der Waals surface area contributed by atoms with E-state index in [1.54, 1.807) is 23.1 Å². The van der Waals surface area contributed by atoms with E-state index in [2.05, 4.69) is 10.6 Å². The summed E-state index contributed by atoms with van der Waals surface area (Å²) in [5, 5.41) is 17.1. The first-order chi connectivity index (χ1) is 10.0. The number of rotatable bonds is 8. The monoisotopic (exact) mass is 294 g/mol. The van der Waals surface area contributed by atoms with Crippen LogP contribution in [0.2, 0.25) is 0 Å². The third kappa shape index (κ3) is 4.34. The zero-order valence-electron chi connectivity index (χ0n) is 12.7. The van der Waals surface area contributed by atoms with E-state index in [4.69, 9.17) is 0 Å². The Morgan fingerprint density at radius 1 is 1.19 bits per heavy atom. The largest absolute Gasteiger partial charge is 0.380 e. The van der Waals surface area contributed by atoms with Crippen LogP contribution in [0.25, 0.3) is 0 Å². The van der Waals surface area contributed by atoms with Gasteiger partial charge in [-0.3, -0.25) is 14.9 Å². The third-order valence-electron chi connectivity index (χ3n) is 3.13. The lowest BCUT2D eigenvalue weighted by atomic mass is 10.2. The molecule has 0 atom stereocenters. The summed E-state index contributed by atoms with van der Waals surface area (Å²) in [4.78, 5) is 24.4. The van der Waals surface area contributed by atoms with Crippen LogP contribution >= 0.6 is 0 Å². The molecule has 1 aromatic rings. The summed E-state index contributed by atoms with van der Waals surface area (Å²) < 4.78 is 0. The van der Waals surface area contributed by atoms with Gasteiger partial charge in [-0.15, -0.1) is 0 Å². The summed E-state index contributed by atoms with van der Waals surface area (Å²) in [6.45, 7) is 7.53. The number of anilines is 2. The fourth-order valence-corrected chi connectivity index (χ4v) is 2.07. The van der Waals surface area contributed by atoms with Crippen molar-refractivity contribution in [2.24, 2.45) is 0 Å². The highest BCUT2D eigenvalue weighted by molar-refractivity contribution is 5.83. The van der Waals surface area contributed by atoms with E-state index in [-0.39, 0.29) is 18.1 Å². The highest BCUT2D eigenvalue weighted by Crippen LogP contribution is 2.32. The zero-order chi connectivity index (χ0) is 15.8. The first-order valence-corrected chi connectivity index (χ1v) is 7.07. The van der Waals surface area contributed by atoms with Crippen molar-refractivity contribution in [1.29, 1.82) is 0 Å². The summed E-state index contributed by atoms with van der Waals surface area (Å²) in [6.07, 6.45) is 0. The van der Waals surface area contributed by atoms with Gasteiger partial charge in [0.25, 0.3) is 0 Å². The molecule has 0 aliphatic carbocycles. The maximum absolute atomic E-state index is 11.9. The van der Waals surface area contributed by atoms with E-state index in [0.717, 1.165) is 0 Å². The Kier molecular flexibility index (Phi) is 6.45. The van der Waals surface area contributed by atoms with Crippen molar-refractivity contribution >= 4 is 23.0 Å². The molecule has 21 heavy (non-hydrogen) atoms. The van der Waals surface area contributed by atoms with Crippen LogP contribution in [0.4, 0.5) is 17.1 Å². The van der Waals surface area contributed by atoms with Gasteiger partial charge in [0.05, 0.1) is 11.5 Å². The van der Waals surface area contributed by atoms with Crippen molar-refractivity contribution in [1.82, 2.24) is 4.90 Å². The molecule has 0 aliphatic heterocycles. The molecule has 0 unspecified atom stereocenters. The molecule has 0 radical (unpaired) electrons. The standard InChI is InChI=1S/C14H22N4O3/c1-4-15-11-8-7-9-12(14(11)18(20)21)16-10-13(19)17(5-2)6-3/h7-9,15-16H,4-6,10H2,1-3H3. The minimum Gasteiger partial charge on any atom is -0.380 e. The number of hydrogen-bond donors (Lipinski definition) is 2. The normalized spacial score (nSPS) is 10.0. The minimum absolute atomic E-state index is 0.0355. The molecule has 0 aromatic heterocycles. The van der Waals surface area contributed by atoms with Gasteiger partial charge in [0.15, 0.2) is 0 Å². The Labute approximate surface area is 124 Å². The third-order valence-corrected chi connectivity index (χ3v) is 3.13. The Morgan fingerprint density at radius 3 is 2.24 bits per heavy atom. The number of carbonyl (C=O) groups is 1. The second-order valence-corrected chi connectivity index (χ2v) is 4.41. The molecule has 7 heteroatoms. The number of carbonyl (C=O) groups excluding carboxylic acids is 1. The Balaban J connectivity index is 2.90. The molecule has 0 saturated heterocycles. The van der Waals surface area contributed by atoms with Gasteiger partial charge in [-0.25, -0.2) is 0 Å². The van der Waals surface area contributed by atoms with Crippen molar-refractivity contribution < 1.29 is 9.72 Å². The molecule has 0 saturated carbocycles. The lowest BCUT2D eigenvalue weighted by Crippen LogP contribution is -2.35. The number of hydrogen-bond acceptors (Lipinski definition) is 5. The number of benzene rings is 1. The van der Waals surface area contributed by atoms with E-state index in [1.165, 1.54) is 0 Å². The van der Waals surface area contributed by atoms with Crippen molar-refractivity contribution in [3.05, 3.63) is 28.3 Å². The fourth-order valence-electron chi connectivity index (χ4n) is 2.07. The molecule has 1 rings (SSSR count). The van der Waals surface area contributed by atoms with Gasteiger partial charge < -0.3 is 15.5 Å². The van der Waals surface area contributed by atoms with E-state index in [0.29, 0.717) is 31.0 Å². The molecule has 1 aromatic carbocycles. The molecule has 7 nitrogen and oxygen atoms in total. The van der Waals surface area contributed by atoms with Crippen molar-refractivity contribution in [3.63, 3.8) is 0 Å². The van der Waals surface area contributed by atoms with Gasteiger partial charge in [-0.2, -0.15) is 0 Å². The van der Waals surface area contributed by atoms with Crippen LogP contribution in [0, 0.1) is 10.1 Å². The van der Waals surface area contributed by atoms with Crippen LogP contribution < -0.4 is 10.6 Å². The molecule has 2 N–H and O–H groups in total. The molecular formula is C14H22N4O3. The van der Waals surface area contributed by atoms with Gasteiger partial charge in [-0.1, -0.05) is 6.07 Å². The van der Waals surface area contributed by atoms with Crippen molar-refractivity contribution in [3.8, 4) is 0 Å². The van der Waals surface area contributed by atoms with Crippen LogP contribution in [0.15, 0.2) is 18.2 Å². The minimum atomic E-state index is -0.442. The summed E-state index contributed by atoms with van der Waals surface area (Å²) in [6, 6.07) is 4.97. The van der Waals surface area contributed by atoms with Crippen molar-refractivity contribution in [2.45, 2.75) is 20.8 Å². The number of likely N-dealkylation sites (N-methyl/N-ethyl adjacent to an activating group) is 1. The van der Waals surface area contributed by atoms with Crippen LogP contribution in [0.1, 0.15) is 20.8 Å². The zero-order valence-corrected chi connectivity index (χ0v) is 12.7. The van der Waals surface area contributed by atoms with Crippen LogP contribution in [-0.4, -0.2) is 41.9 Å². The molecule has 0 heterocycles. The Bertz CT molecular complexity index is 501. The molecule has 0 fully saturated rings. The average molecular weight is 294 g/mol. The van der Waals surface area contributed by atoms with Crippen LogP contribution in [-0.2, 0) is 4.79 Å². The SMILES string of the molecule is CCNc1cccc(NCC(=O)N(CC)CC)c1[N+](=O)[O-]. The highest BCUT2D eigenvalue weighted by Gasteiger charge is 2.20. The van der Waals surface area contributed by atoms with Gasteiger partial charge >= 0.3 is 5.69 Å². The quantitative estimate of drug-likeness (QED) is 0.567. The lowest BCUT2D eigenvalue weighted by molar-refractivity contribution is -0.383. The first kappa shape index (κ1) is 16.7. The van der Waals surface area contributed by atoms with Gasteiger partial charge in [0.2, 0.25) is 5.91 Å². The summed E-state index contributed by atoms with van der Waals surface area (Å²) in [5.41, 5.74) is 0.758. The van der Waals surface area contributed by atoms with E-state index >= 15 is 0 Å². The molecule has 0 spiro atoms. The van der Waals surface area contributed by atoms with Crippen molar-refractivity contribution in [2.75, 3.05) is 36.8 Å². The van der Waals surface area contributed by atoms with Crippen LogP contribution in [0.3, 0.4) is 0 Å². The maximum Gasteiger partial charge on any atom is 0.315 e. The Morgan fingerprint density at radius 2 is 1.76 bits per heavy atom. The number of nitro groups is 1. The number of nitro benzene ring substituents is 1. The topological polar surface area (TPSA) is 87.5 Å². The predicted molar refractivity (Wildman–Crippen MR) is 83.7 cm³/mol. The number of amides is 1. The predicted octanol–water partition coefficient (Wildman–Crippen LogP) is 2.31. The van der Waals surface area contributed by atoms with E-state index < -0.39 is 4.92 Å². The second kappa shape index (κ2) is 8.08. The summed E-state index contributed by atoms with van der Waals surface area (Å²) >= 11 is 0. The van der Waals surface area contributed by atoms with Gasteiger partial charge in [-0.05, 0) is 32.9 Å². The summed E-state index contributed by atoms with van der Waals surface area (Å²) in [7, 11) is 0. The highest BCUT2D eigenvalue weighted by atomic mass is 16.6. The summed E-state index contributed by atoms with van der Waals surface area (Å²) in [5.74, 6) is -0.0804. The van der Waals surface area contributed by atoms with Gasteiger partial charge in [0, 0.05) is 19.6 Å². The Hall–Kier alpha value is -2.31. The number of nitrogens with one attached hydrogen (secondary N) is 2. The molecule has 0 bridgehead atoms. The average Bonchev–Trinajstić information content (AvgIpc) is 2.46. The smallest absolute Gasteiger partial charge is 0.315 e. The molecule has 116 valence electrons. The number of para-hydroxylation sites is 1. The van der Waals surface area contributed by atoms with Gasteiger partial charge in [0.1, 0.15) is 11.4 Å². The number of nitrogens with zero attached hydrogens (tertiary/aromatic N) is 2. The lowest BCUT2D eigenvalue weighted by Gasteiger charge is -2.19. The van der Waals surface area contributed by atoms with Crippen LogP contribution in [0.5, 0.6) is 0 Å². The fraction of sp³-hybridized carbons (Fsp3) is 0.500. The first-order valence-electron chi connectivity index (χ1n) is 7.07. The van der Waals surface area contributed by atoms with E-state index in [1.807, 2.05) is 20.8 Å². The molecule has 1 amide bonds. The second-order valence-electron chi connectivity index (χ2n) is 4.41. The van der Waals surface area contributed by atoms with E-state index in [9.17, 15) is 14.9 Å².